The van der Waals surface area contributed by atoms with Gasteiger partial charge in [-0.25, -0.2) is 0 Å². The number of rotatable bonds is 7. The van der Waals surface area contributed by atoms with Crippen LogP contribution in [0.5, 0.6) is 5.75 Å². The first-order valence-electron chi connectivity index (χ1n) is 11.5. The van der Waals surface area contributed by atoms with Crippen LogP contribution in [-0.4, -0.2) is 73.2 Å². The topological polar surface area (TPSA) is 54.9 Å². The Kier molecular flexibility index (Phi) is 7.54. The average molecular weight is 424 g/mol. The maximum absolute atomic E-state index is 12.8. The Balaban J connectivity index is 1.35. The van der Waals surface area contributed by atoms with Crippen LogP contribution in [-0.2, 0) is 16.0 Å². The minimum Gasteiger partial charge on any atom is -0.494 e. The van der Waals surface area contributed by atoms with Crippen molar-refractivity contribution in [2.24, 2.45) is 0 Å². The smallest absolute Gasteiger partial charge is 0.236 e. The van der Waals surface area contributed by atoms with E-state index in [-0.39, 0.29) is 5.91 Å². The summed E-state index contributed by atoms with van der Waals surface area (Å²) in [6.45, 7) is 7.93. The predicted octanol–water partition coefficient (Wildman–Crippen LogP) is 3.11. The summed E-state index contributed by atoms with van der Waals surface area (Å²) < 4.78 is 11.1. The number of aromatic nitrogens is 1. The molecule has 1 aromatic heterocycles. The van der Waals surface area contributed by atoms with Gasteiger partial charge in [0, 0.05) is 50.4 Å². The molecule has 2 aliphatic rings. The molecule has 2 aliphatic heterocycles. The summed E-state index contributed by atoms with van der Waals surface area (Å²) in [4.78, 5) is 21.8. The first-order valence-corrected chi connectivity index (χ1v) is 11.5. The van der Waals surface area contributed by atoms with Gasteiger partial charge >= 0.3 is 0 Å². The Morgan fingerprint density at radius 3 is 2.77 bits per heavy atom. The minimum absolute atomic E-state index is 0.232. The van der Waals surface area contributed by atoms with Crippen molar-refractivity contribution in [2.45, 2.75) is 32.1 Å². The predicted molar refractivity (Wildman–Crippen MR) is 120 cm³/mol. The number of carbonyl (C=O) groups excluding carboxylic acids is 1. The summed E-state index contributed by atoms with van der Waals surface area (Å²) in [6.07, 6.45) is 4.90. The molecule has 0 radical (unpaired) electrons. The molecule has 0 bridgehead atoms. The van der Waals surface area contributed by atoms with Gasteiger partial charge in [0.15, 0.2) is 0 Å². The number of likely N-dealkylation sites (tertiary alicyclic amines) is 1. The Morgan fingerprint density at radius 2 is 2.00 bits per heavy atom. The summed E-state index contributed by atoms with van der Waals surface area (Å²) in [5.74, 6) is 1.48. The van der Waals surface area contributed by atoms with Gasteiger partial charge in [0.05, 0.1) is 26.4 Å². The van der Waals surface area contributed by atoms with Crippen molar-refractivity contribution in [1.29, 1.82) is 0 Å². The first-order chi connectivity index (χ1) is 15.2. The molecule has 0 N–H and O–H groups in total. The molecule has 6 heteroatoms. The lowest BCUT2D eigenvalue weighted by Crippen LogP contribution is -2.47. The van der Waals surface area contributed by atoms with E-state index in [1.165, 1.54) is 11.1 Å². The highest BCUT2D eigenvalue weighted by atomic mass is 16.5. The zero-order chi connectivity index (χ0) is 21.5. The Morgan fingerprint density at radius 1 is 1.16 bits per heavy atom. The summed E-state index contributed by atoms with van der Waals surface area (Å²) >= 11 is 0. The van der Waals surface area contributed by atoms with E-state index in [0.29, 0.717) is 19.1 Å². The van der Waals surface area contributed by atoms with Crippen LogP contribution < -0.4 is 4.74 Å². The third-order valence-corrected chi connectivity index (χ3v) is 6.17. The molecule has 0 aliphatic carbocycles. The van der Waals surface area contributed by atoms with Crippen molar-refractivity contribution in [3.8, 4) is 5.75 Å². The van der Waals surface area contributed by atoms with Crippen LogP contribution in [0.1, 0.15) is 42.5 Å². The molecule has 1 atom stereocenters. The van der Waals surface area contributed by atoms with Gasteiger partial charge in [-0.2, -0.15) is 0 Å². The van der Waals surface area contributed by atoms with Crippen molar-refractivity contribution in [3.05, 3.63) is 59.4 Å². The lowest BCUT2D eigenvalue weighted by Gasteiger charge is -2.35. The number of carbonyl (C=O) groups is 1. The van der Waals surface area contributed by atoms with E-state index in [1.807, 2.05) is 36.2 Å². The van der Waals surface area contributed by atoms with Gasteiger partial charge in [0.2, 0.25) is 5.91 Å². The Labute approximate surface area is 185 Å². The first kappa shape index (κ1) is 21.8. The monoisotopic (exact) mass is 423 g/mol. The molecule has 3 heterocycles. The molecule has 31 heavy (non-hydrogen) atoms. The fourth-order valence-corrected chi connectivity index (χ4v) is 4.44. The largest absolute Gasteiger partial charge is 0.494 e. The number of hydrogen-bond donors (Lipinski definition) is 0. The van der Waals surface area contributed by atoms with Gasteiger partial charge in [0.1, 0.15) is 5.75 Å². The molecule has 2 saturated heterocycles. The Bertz CT molecular complexity index is 849. The van der Waals surface area contributed by atoms with E-state index in [4.69, 9.17) is 14.5 Å². The van der Waals surface area contributed by atoms with Crippen molar-refractivity contribution in [1.82, 2.24) is 14.8 Å². The summed E-state index contributed by atoms with van der Waals surface area (Å²) in [5, 5.41) is 0. The van der Waals surface area contributed by atoms with Gasteiger partial charge < -0.3 is 14.4 Å². The van der Waals surface area contributed by atoms with Crippen molar-refractivity contribution < 1.29 is 14.3 Å². The van der Waals surface area contributed by atoms with Crippen LogP contribution in [0.3, 0.4) is 0 Å². The highest BCUT2D eigenvalue weighted by Gasteiger charge is 2.27. The number of para-hydroxylation sites is 1. The van der Waals surface area contributed by atoms with E-state index in [0.717, 1.165) is 70.1 Å². The van der Waals surface area contributed by atoms with Gasteiger partial charge in [-0.1, -0.05) is 24.3 Å². The third kappa shape index (κ3) is 5.83. The summed E-state index contributed by atoms with van der Waals surface area (Å²) in [6, 6.07) is 12.5. The van der Waals surface area contributed by atoms with Crippen LogP contribution >= 0.6 is 0 Å². The lowest BCUT2D eigenvalue weighted by atomic mass is 9.93. The molecule has 2 aromatic rings. The van der Waals surface area contributed by atoms with Gasteiger partial charge in [0.25, 0.3) is 0 Å². The average Bonchev–Trinajstić information content (AvgIpc) is 2.82. The maximum Gasteiger partial charge on any atom is 0.236 e. The second-order valence-electron chi connectivity index (χ2n) is 8.38. The molecule has 2 fully saturated rings. The molecule has 166 valence electrons. The number of hydrogen-bond acceptors (Lipinski definition) is 5. The van der Waals surface area contributed by atoms with E-state index in [2.05, 4.69) is 23.1 Å². The van der Waals surface area contributed by atoms with E-state index < -0.39 is 0 Å². The molecule has 6 nitrogen and oxygen atoms in total. The van der Waals surface area contributed by atoms with Crippen LogP contribution in [0, 0.1) is 0 Å². The zero-order valence-corrected chi connectivity index (χ0v) is 18.5. The second kappa shape index (κ2) is 10.7. The second-order valence-corrected chi connectivity index (χ2v) is 8.38. The molecule has 0 spiro atoms. The van der Waals surface area contributed by atoms with Crippen LogP contribution in [0.25, 0.3) is 0 Å². The van der Waals surface area contributed by atoms with Gasteiger partial charge in [-0.3, -0.25) is 14.7 Å². The van der Waals surface area contributed by atoms with Crippen LogP contribution in [0.15, 0.2) is 42.6 Å². The number of nitrogens with zero attached hydrogens (tertiary/aromatic N) is 3. The van der Waals surface area contributed by atoms with Gasteiger partial charge in [-0.15, -0.1) is 0 Å². The number of piperidine rings is 1. The standard InChI is InChI=1S/C25H33N3O3/c1-2-31-24-8-4-3-6-21(24)16-20-9-10-23(26-17-20)22-7-5-11-28(18-22)25(29)19-27-12-14-30-15-13-27/h3-4,6,8-10,17,22H,2,5,7,11-16,18-19H2,1H3/t22-/m0/s1. The molecule has 1 amide bonds. The number of benzene rings is 1. The lowest BCUT2D eigenvalue weighted by molar-refractivity contribution is -0.134. The van der Waals surface area contributed by atoms with E-state index >= 15 is 0 Å². The Hall–Kier alpha value is -2.44. The van der Waals surface area contributed by atoms with Crippen molar-refractivity contribution in [2.75, 3.05) is 52.5 Å². The zero-order valence-electron chi connectivity index (χ0n) is 18.5. The molecule has 1 aromatic carbocycles. The highest BCUT2D eigenvalue weighted by molar-refractivity contribution is 5.78. The molecule has 0 saturated carbocycles. The fraction of sp³-hybridized carbons (Fsp3) is 0.520. The number of morpholine rings is 1. The van der Waals surface area contributed by atoms with E-state index in [9.17, 15) is 4.79 Å². The third-order valence-electron chi connectivity index (χ3n) is 6.17. The van der Waals surface area contributed by atoms with Crippen LogP contribution in [0.4, 0.5) is 0 Å². The maximum atomic E-state index is 12.8. The highest BCUT2D eigenvalue weighted by Crippen LogP contribution is 2.27. The quantitative estimate of drug-likeness (QED) is 0.685. The minimum atomic E-state index is 0.232. The molecule has 4 rings (SSSR count). The SMILES string of the molecule is CCOc1ccccc1Cc1ccc([C@H]2CCCN(C(=O)CN3CCOCC3)C2)nc1. The molecular weight excluding hydrogens is 390 g/mol. The summed E-state index contributed by atoms with van der Waals surface area (Å²) in [5.41, 5.74) is 3.44. The summed E-state index contributed by atoms with van der Waals surface area (Å²) in [7, 11) is 0. The van der Waals surface area contributed by atoms with Crippen LogP contribution in [0.2, 0.25) is 0 Å². The van der Waals surface area contributed by atoms with Crippen molar-refractivity contribution in [3.63, 3.8) is 0 Å². The fourth-order valence-electron chi connectivity index (χ4n) is 4.44. The number of ether oxygens (including phenoxy) is 2. The van der Waals surface area contributed by atoms with Crippen molar-refractivity contribution >= 4 is 5.91 Å². The number of amides is 1. The van der Waals surface area contributed by atoms with E-state index in [1.54, 1.807) is 0 Å². The molecule has 0 unspecified atom stereocenters. The van der Waals surface area contributed by atoms with Gasteiger partial charge in [-0.05, 0) is 43.0 Å². The normalized spacial score (nSPS) is 19.9. The number of pyridine rings is 1. The molecular formula is C25H33N3O3.